The van der Waals surface area contributed by atoms with Crippen LogP contribution in [0.15, 0.2) is 41.6 Å². The summed E-state index contributed by atoms with van der Waals surface area (Å²) in [5, 5.41) is 0.274. The van der Waals surface area contributed by atoms with Crippen molar-refractivity contribution in [1.29, 1.82) is 0 Å². The van der Waals surface area contributed by atoms with Gasteiger partial charge >= 0.3 is 5.97 Å². The lowest BCUT2D eigenvalue weighted by Crippen LogP contribution is -2.45. The van der Waals surface area contributed by atoms with Crippen LogP contribution in [0.1, 0.15) is 5.69 Å². The van der Waals surface area contributed by atoms with Gasteiger partial charge in [-0.3, -0.25) is 9.59 Å². The Morgan fingerprint density at radius 2 is 2.07 bits per heavy atom. The molecular formula is C19H21N3O3S2. The second-order valence-electron chi connectivity index (χ2n) is 6.05. The van der Waals surface area contributed by atoms with Crippen LogP contribution in [-0.4, -0.2) is 63.7 Å². The lowest BCUT2D eigenvalue weighted by molar-refractivity contribution is -0.141. The molecule has 3 rings (SSSR count). The molecule has 1 aromatic heterocycles. The van der Waals surface area contributed by atoms with Gasteiger partial charge < -0.3 is 9.64 Å². The molecule has 0 spiro atoms. The summed E-state index contributed by atoms with van der Waals surface area (Å²) in [5.41, 5.74) is 2.72. The minimum atomic E-state index is -0.308. The van der Waals surface area contributed by atoms with E-state index >= 15 is 0 Å². The standard InChI is InChI=1S/C19H21N3O3S2/c1-13-10-15(14-6-4-3-5-7-14)21-19(20-13)27-12-17(23)22-8-9-26-16(11-22)18(24)25-2/h3-7,10,16H,8-9,11-12H2,1-2H3/t16-/m0/s1. The smallest absolute Gasteiger partial charge is 0.320 e. The first-order valence-electron chi connectivity index (χ1n) is 8.58. The summed E-state index contributed by atoms with van der Waals surface area (Å²) in [5.74, 6) is 0.686. The van der Waals surface area contributed by atoms with Crippen molar-refractivity contribution < 1.29 is 14.3 Å². The number of thioether (sulfide) groups is 2. The van der Waals surface area contributed by atoms with E-state index in [0.717, 1.165) is 22.7 Å². The van der Waals surface area contributed by atoms with Crippen molar-refractivity contribution in [3.8, 4) is 11.3 Å². The van der Waals surface area contributed by atoms with Crippen molar-refractivity contribution in [3.05, 3.63) is 42.1 Å². The summed E-state index contributed by atoms with van der Waals surface area (Å²) >= 11 is 2.86. The summed E-state index contributed by atoms with van der Waals surface area (Å²) < 4.78 is 4.79. The average molecular weight is 404 g/mol. The zero-order chi connectivity index (χ0) is 19.2. The van der Waals surface area contributed by atoms with Crippen molar-refractivity contribution >= 4 is 35.4 Å². The highest BCUT2D eigenvalue weighted by molar-refractivity contribution is 8.00. The van der Waals surface area contributed by atoms with Gasteiger partial charge in [0.25, 0.3) is 0 Å². The first kappa shape index (κ1) is 19.7. The largest absolute Gasteiger partial charge is 0.468 e. The maximum Gasteiger partial charge on any atom is 0.320 e. The Morgan fingerprint density at radius 1 is 1.30 bits per heavy atom. The zero-order valence-electron chi connectivity index (χ0n) is 15.3. The van der Waals surface area contributed by atoms with Gasteiger partial charge in [0.2, 0.25) is 5.91 Å². The quantitative estimate of drug-likeness (QED) is 0.432. The van der Waals surface area contributed by atoms with Gasteiger partial charge in [0, 0.05) is 30.1 Å². The Labute approximate surface area is 167 Å². The molecule has 2 aromatic rings. The monoisotopic (exact) mass is 403 g/mol. The fraction of sp³-hybridized carbons (Fsp3) is 0.368. The van der Waals surface area contributed by atoms with Gasteiger partial charge in [-0.1, -0.05) is 42.1 Å². The Kier molecular flexibility index (Phi) is 6.73. The lowest BCUT2D eigenvalue weighted by atomic mass is 10.1. The van der Waals surface area contributed by atoms with Gasteiger partial charge in [-0.05, 0) is 13.0 Å². The first-order chi connectivity index (χ1) is 13.1. The molecule has 1 aliphatic heterocycles. The van der Waals surface area contributed by atoms with Crippen LogP contribution in [0.2, 0.25) is 0 Å². The number of aromatic nitrogens is 2. The van der Waals surface area contributed by atoms with Gasteiger partial charge in [-0.2, -0.15) is 0 Å². The number of methoxy groups -OCH3 is 1. The summed E-state index contributed by atoms with van der Waals surface area (Å²) in [7, 11) is 1.37. The minimum absolute atomic E-state index is 0.0134. The highest BCUT2D eigenvalue weighted by Crippen LogP contribution is 2.24. The third-order valence-electron chi connectivity index (χ3n) is 4.11. The second kappa shape index (κ2) is 9.23. The number of carbonyl (C=O) groups is 2. The molecule has 6 nitrogen and oxygen atoms in total. The summed E-state index contributed by atoms with van der Waals surface area (Å²) in [6, 6.07) is 11.8. The Morgan fingerprint density at radius 3 is 2.81 bits per heavy atom. The van der Waals surface area contributed by atoms with Gasteiger partial charge in [0.05, 0.1) is 18.6 Å². The second-order valence-corrected chi connectivity index (χ2v) is 8.31. The van der Waals surface area contributed by atoms with Gasteiger partial charge in [0.1, 0.15) is 5.25 Å². The fourth-order valence-electron chi connectivity index (χ4n) is 2.73. The first-order valence-corrected chi connectivity index (χ1v) is 10.6. The normalized spacial score (nSPS) is 16.8. The SMILES string of the molecule is COC(=O)[C@@H]1CN(C(=O)CSc2nc(C)cc(-c3ccccc3)n2)CCS1. The summed E-state index contributed by atoms with van der Waals surface area (Å²) in [4.78, 5) is 35.0. The van der Waals surface area contributed by atoms with Crippen molar-refractivity contribution in [2.75, 3.05) is 31.7 Å². The fourth-order valence-corrected chi connectivity index (χ4v) is 4.66. The molecule has 2 heterocycles. The van der Waals surface area contributed by atoms with E-state index in [1.54, 1.807) is 4.90 Å². The van der Waals surface area contributed by atoms with E-state index in [1.165, 1.54) is 30.6 Å². The van der Waals surface area contributed by atoms with Crippen molar-refractivity contribution in [2.45, 2.75) is 17.3 Å². The Balaban J connectivity index is 1.63. The highest BCUT2D eigenvalue weighted by Gasteiger charge is 2.29. The third-order valence-corrected chi connectivity index (χ3v) is 6.11. The van der Waals surface area contributed by atoms with E-state index in [1.807, 2.05) is 43.3 Å². The van der Waals surface area contributed by atoms with E-state index < -0.39 is 0 Å². The highest BCUT2D eigenvalue weighted by atomic mass is 32.2. The third kappa shape index (κ3) is 5.23. The number of hydrogen-bond acceptors (Lipinski definition) is 7. The number of benzene rings is 1. The predicted molar refractivity (Wildman–Crippen MR) is 108 cm³/mol. The van der Waals surface area contributed by atoms with Crippen LogP contribution in [0.3, 0.4) is 0 Å². The number of aryl methyl sites for hydroxylation is 1. The van der Waals surface area contributed by atoms with Crippen molar-refractivity contribution in [2.24, 2.45) is 0 Å². The van der Waals surface area contributed by atoms with E-state index in [0.29, 0.717) is 18.2 Å². The van der Waals surface area contributed by atoms with Gasteiger partial charge in [-0.25, -0.2) is 9.97 Å². The van der Waals surface area contributed by atoms with E-state index in [9.17, 15) is 9.59 Å². The van der Waals surface area contributed by atoms with E-state index in [2.05, 4.69) is 9.97 Å². The molecule has 0 radical (unpaired) electrons. The van der Waals surface area contributed by atoms with Gasteiger partial charge in [-0.15, -0.1) is 11.8 Å². The molecule has 0 aliphatic carbocycles. The molecule has 1 amide bonds. The maximum absolute atomic E-state index is 12.6. The van der Waals surface area contributed by atoms with Crippen LogP contribution in [0, 0.1) is 6.92 Å². The molecule has 1 saturated heterocycles. The van der Waals surface area contributed by atoms with E-state index in [4.69, 9.17) is 4.74 Å². The molecule has 1 fully saturated rings. The Hall–Kier alpha value is -2.06. The molecule has 142 valence electrons. The molecule has 0 unspecified atom stereocenters. The predicted octanol–water partition coefficient (Wildman–Crippen LogP) is 2.66. The number of ether oxygens (including phenoxy) is 1. The lowest BCUT2D eigenvalue weighted by Gasteiger charge is -2.30. The van der Waals surface area contributed by atoms with Crippen molar-refractivity contribution in [1.82, 2.24) is 14.9 Å². The number of nitrogens with zero attached hydrogens (tertiary/aromatic N) is 3. The topological polar surface area (TPSA) is 72.4 Å². The maximum atomic E-state index is 12.6. The number of hydrogen-bond donors (Lipinski definition) is 0. The Bertz CT molecular complexity index is 817. The molecule has 0 saturated carbocycles. The van der Waals surface area contributed by atoms with Gasteiger partial charge in [0.15, 0.2) is 5.16 Å². The molecule has 1 aromatic carbocycles. The average Bonchev–Trinajstić information content (AvgIpc) is 2.71. The van der Waals surface area contributed by atoms with Crippen LogP contribution in [-0.2, 0) is 14.3 Å². The summed E-state index contributed by atoms with van der Waals surface area (Å²) in [6.45, 7) is 2.95. The molecule has 0 bridgehead atoms. The van der Waals surface area contributed by atoms with Crippen LogP contribution in [0.5, 0.6) is 0 Å². The number of rotatable bonds is 5. The summed E-state index contributed by atoms with van der Waals surface area (Å²) in [6.07, 6.45) is 0. The number of amides is 1. The minimum Gasteiger partial charge on any atom is -0.468 e. The van der Waals surface area contributed by atoms with Crippen LogP contribution >= 0.6 is 23.5 Å². The molecular weight excluding hydrogens is 382 g/mol. The number of esters is 1. The molecule has 1 aliphatic rings. The molecule has 27 heavy (non-hydrogen) atoms. The molecule has 0 N–H and O–H groups in total. The van der Waals surface area contributed by atoms with Crippen molar-refractivity contribution in [3.63, 3.8) is 0 Å². The zero-order valence-corrected chi connectivity index (χ0v) is 16.9. The molecule has 1 atom stereocenters. The van der Waals surface area contributed by atoms with E-state index in [-0.39, 0.29) is 22.9 Å². The van der Waals surface area contributed by atoms with Crippen LogP contribution in [0.4, 0.5) is 0 Å². The number of carbonyl (C=O) groups excluding carboxylic acids is 2. The molecule has 8 heteroatoms. The van der Waals surface area contributed by atoms with Crippen LogP contribution < -0.4 is 0 Å². The van der Waals surface area contributed by atoms with Crippen LogP contribution in [0.25, 0.3) is 11.3 Å².